The summed E-state index contributed by atoms with van der Waals surface area (Å²) in [5, 5.41) is 15.9. The van der Waals surface area contributed by atoms with Crippen LogP contribution in [0.4, 0.5) is 0 Å². The van der Waals surface area contributed by atoms with E-state index < -0.39 is 17.6 Å². The Morgan fingerprint density at radius 3 is 2.42 bits per heavy atom. The molecule has 19 heavy (non-hydrogen) atoms. The molecule has 0 saturated heterocycles. The monoisotopic (exact) mass is 280 g/mol. The van der Waals surface area contributed by atoms with Gasteiger partial charge in [0.25, 0.3) is 11.8 Å². The summed E-state index contributed by atoms with van der Waals surface area (Å²) in [6.07, 6.45) is 0. The summed E-state index contributed by atoms with van der Waals surface area (Å²) in [7, 11) is 1.23. The lowest BCUT2D eigenvalue weighted by molar-refractivity contribution is -0.124. The fourth-order valence-corrected chi connectivity index (χ4v) is 1.74. The van der Waals surface area contributed by atoms with Gasteiger partial charge in [0.15, 0.2) is 5.76 Å². The zero-order chi connectivity index (χ0) is 14.0. The Balaban J connectivity index is 2.58. The molecule has 2 rings (SSSR count). The van der Waals surface area contributed by atoms with E-state index in [1.54, 1.807) is 24.3 Å². The van der Waals surface area contributed by atoms with Gasteiger partial charge in [-0.3, -0.25) is 14.9 Å². The maximum absolute atomic E-state index is 11.8. The van der Waals surface area contributed by atoms with E-state index in [0.717, 1.165) is 0 Å². The SMILES string of the molecule is CO/N=C1/C(=O)NC(=O)C(c2ccc(Cl)cc2)=C1O. The number of rotatable bonds is 2. The highest BCUT2D eigenvalue weighted by molar-refractivity contribution is 6.54. The number of hydrogen-bond donors (Lipinski definition) is 2. The van der Waals surface area contributed by atoms with E-state index >= 15 is 0 Å². The summed E-state index contributed by atoms with van der Waals surface area (Å²) in [6, 6.07) is 6.23. The molecule has 6 nitrogen and oxygen atoms in total. The third-order valence-corrected chi connectivity index (χ3v) is 2.70. The van der Waals surface area contributed by atoms with Crippen LogP contribution < -0.4 is 5.32 Å². The first-order chi connectivity index (χ1) is 9.04. The highest BCUT2D eigenvalue weighted by Crippen LogP contribution is 2.23. The number of imide groups is 1. The van der Waals surface area contributed by atoms with Crippen LogP contribution in [0.3, 0.4) is 0 Å². The third-order valence-electron chi connectivity index (χ3n) is 2.45. The van der Waals surface area contributed by atoms with E-state index in [-0.39, 0.29) is 11.3 Å². The molecule has 0 radical (unpaired) electrons. The lowest BCUT2D eigenvalue weighted by Crippen LogP contribution is -2.42. The van der Waals surface area contributed by atoms with Crippen molar-refractivity contribution in [3.05, 3.63) is 40.6 Å². The van der Waals surface area contributed by atoms with Gasteiger partial charge in [-0.05, 0) is 17.7 Å². The van der Waals surface area contributed by atoms with E-state index in [9.17, 15) is 14.7 Å². The van der Waals surface area contributed by atoms with Crippen LogP contribution in [0.1, 0.15) is 5.56 Å². The summed E-state index contributed by atoms with van der Waals surface area (Å²) in [6.45, 7) is 0. The van der Waals surface area contributed by atoms with E-state index in [1.165, 1.54) is 7.11 Å². The molecule has 7 heteroatoms. The molecule has 2 N–H and O–H groups in total. The summed E-state index contributed by atoms with van der Waals surface area (Å²) < 4.78 is 0. The first-order valence-electron chi connectivity index (χ1n) is 5.21. The number of amides is 2. The average molecular weight is 281 g/mol. The van der Waals surface area contributed by atoms with Crippen LogP contribution >= 0.6 is 11.6 Å². The maximum Gasteiger partial charge on any atom is 0.284 e. The number of aliphatic hydroxyl groups is 1. The van der Waals surface area contributed by atoms with Gasteiger partial charge in [0.2, 0.25) is 5.71 Å². The molecular formula is C12H9ClN2O4. The number of benzene rings is 1. The zero-order valence-electron chi connectivity index (χ0n) is 9.81. The predicted molar refractivity (Wildman–Crippen MR) is 68.6 cm³/mol. The van der Waals surface area contributed by atoms with Crippen molar-refractivity contribution in [1.29, 1.82) is 0 Å². The number of aliphatic hydroxyl groups excluding tert-OH is 1. The van der Waals surface area contributed by atoms with Crippen molar-refractivity contribution >= 4 is 34.7 Å². The van der Waals surface area contributed by atoms with Gasteiger partial charge in [0, 0.05) is 5.02 Å². The largest absolute Gasteiger partial charge is 0.505 e. The highest BCUT2D eigenvalue weighted by Gasteiger charge is 2.33. The van der Waals surface area contributed by atoms with Crippen LogP contribution in [0.5, 0.6) is 0 Å². The number of nitrogens with zero attached hydrogens (tertiary/aromatic N) is 1. The molecule has 0 spiro atoms. The molecular weight excluding hydrogens is 272 g/mol. The number of halogens is 1. The molecule has 0 bridgehead atoms. The first-order valence-corrected chi connectivity index (χ1v) is 5.58. The van der Waals surface area contributed by atoms with E-state index in [2.05, 4.69) is 15.3 Å². The number of nitrogens with one attached hydrogen (secondary N) is 1. The molecule has 1 heterocycles. The minimum absolute atomic E-state index is 0.0629. The first kappa shape index (κ1) is 13.1. The van der Waals surface area contributed by atoms with Crippen molar-refractivity contribution in [2.24, 2.45) is 5.16 Å². The van der Waals surface area contributed by atoms with Crippen molar-refractivity contribution in [3.63, 3.8) is 0 Å². The topological polar surface area (TPSA) is 88.0 Å². The second-order valence-corrected chi connectivity index (χ2v) is 4.07. The molecule has 1 aromatic rings. The molecule has 1 aromatic carbocycles. The Labute approximate surface area is 113 Å². The van der Waals surface area contributed by atoms with Gasteiger partial charge in [0.05, 0.1) is 5.57 Å². The fourth-order valence-electron chi connectivity index (χ4n) is 1.62. The van der Waals surface area contributed by atoms with Crippen LogP contribution in [-0.4, -0.2) is 29.7 Å². The second kappa shape index (κ2) is 5.11. The molecule has 0 unspecified atom stereocenters. The summed E-state index contributed by atoms with van der Waals surface area (Å²) in [5.41, 5.74) is -0.00480. The molecule has 0 saturated carbocycles. The number of oxime groups is 1. The smallest absolute Gasteiger partial charge is 0.284 e. The zero-order valence-corrected chi connectivity index (χ0v) is 10.6. The molecule has 1 aliphatic rings. The summed E-state index contributed by atoms with van der Waals surface area (Å²) >= 11 is 5.75. The van der Waals surface area contributed by atoms with Crippen LogP contribution in [0.15, 0.2) is 35.2 Å². The summed E-state index contributed by atoms with van der Waals surface area (Å²) in [4.78, 5) is 27.7. The minimum Gasteiger partial charge on any atom is -0.505 e. The van der Waals surface area contributed by atoms with Crippen molar-refractivity contribution in [1.82, 2.24) is 5.32 Å². The number of carbonyl (C=O) groups is 2. The number of carbonyl (C=O) groups excluding carboxylic acids is 2. The Hall–Kier alpha value is -2.34. The quantitative estimate of drug-likeness (QED) is 0.631. The van der Waals surface area contributed by atoms with Crippen LogP contribution in [0.2, 0.25) is 5.02 Å². The fraction of sp³-hybridized carbons (Fsp3) is 0.0833. The normalized spacial score (nSPS) is 17.7. The second-order valence-electron chi connectivity index (χ2n) is 3.64. The van der Waals surface area contributed by atoms with Crippen molar-refractivity contribution in [2.75, 3.05) is 7.11 Å². The van der Waals surface area contributed by atoms with E-state index in [4.69, 9.17) is 11.6 Å². The highest BCUT2D eigenvalue weighted by atomic mass is 35.5. The van der Waals surface area contributed by atoms with Crippen LogP contribution in [-0.2, 0) is 14.4 Å². The molecule has 98 valence electrons. The van der Waals surface area contributed by atoms with Crippen LogP contribution in [0.25, 0.3) is 5.57 Å². The van der Waals surface area contributed by atoms with Gasteiger partial charge in [-0.25, -0.2) is 0 Å². The van der Waals surface area contributed by atoms with Crippen molar-refractivity contribution in [2.45, 2.75) is 0 Å². The molecule has 1 aliphatic heterocycles. The van der Waals surface area contributed by atoms with Gasteiger partial charge in [-0.1, -0.05) is 28.9 Å². The Morgan fingerprint density at radius 1 is 1.21 bits per heavy atom. The maximum atomic E-state index is 11.8. The number of hydrogen-bond acceptors (Lipinski definition) is 5. The summed E-state index contributed by atoms with van der Waals surface area (Å²) in [5.74, 6) is -2.06. The lowest BCUT2D eigenvalue weighted by atomic mass is 9.99. The molecule has 2 amide bonds. The van der Waals surface area contributed by atoms with Gasteiger partial charge < -0.3 is 9.94 Å². The Kier molecular flexibility index (Phi) is 3.52. The third kappa shape index (κ3) is 2.43. The van der Waals surface area contributed by atoms with Gasteiger partial charge in [-0.15, -0.1) is 0 Å². The van der Waals surface area contributed by atoms with Crippen molar-refractivity contribution in [3.8, 4) is 0 Å². The van der Waals surface area contributed by atoms with E-state index in [1.807, 2.05) is 0 Å². The van der Waals surface area contributed by atoms with Crippen LogP contribution in [0, 0.1) is 0 Å². The molecule has 0 aliphatic carbocycles. The van der Waals surface area contributed by atoms with Gasteiger partial charge in [0.1, 0.15) is 7.11 Å². The average Bonchev–Trinajstić information content (AvgIpc) is 2.36. The molecule has 0 aromatic heterocycles. The predicted octanol–water partition coefficient (Wildman–Crippen LogP) is 1.27. The van der Waals surface area contributed by atoms with E-state index in [0.29, 0.717) is 10.6 Å². The van der Waals surface area contributed by atoms with Gasteiger partial charge in [-0.2, -0.15) is 0 Å². The minimum atomic E-state index is -0.818. The van der Waals surface area contributed by atoms with Crippen molar-refractivity contribution < 1.29 is 19.5 Å². The Bertz CT molecular complexity index is 605. The lowest BCUT2D eigenvalue weighted by Gasteiger charge is -2.16. The molecule has 0 fully saturated rings. The standard InChI is InChI=1S/C12H9ClN2O4/c1-19-15-9-10(16)8(11(17)14-12(9)18)6-2-4-7(13)5-3-6/h2-5,16H,1H3,(H,14,17,18)/b15-9+. The Morgan fingerprint density at radius 2 is 1.84 bits per heavy atom. The van der Waals surface area contributed by atoms with Gasteiger partial charge >= 0.3 is 0 Å². The molecule has 0 atom stereocenters.